The highest BCUT2D eigenvalue weighted by Gasteiger charge is 2.40. The second-order valence-corrected chi connectivity index (χ2v) is 9.61. The van der Waals surface area contributed by atoms with Gasteiger partial charge in [0.1, 0.15) is 24.7 Å². The van der Waals surface area contributed by atoms with Gasteiger partial charge in [-0.1, -0.05) is 6.92 Å². The number of likely N-dealkylation sites (N-methyl/N-ethyl adjacent to an activating group) is 1. The predicted octanol–water partition coefficient (Wildman–Crippen LogP) is 0.905. The summed E-state index contributed by atoms with van der Waals surface area (Å²) in [5, 5.41) is 20.7. The van der Waals surface area contributed by atoms with Crippen molar-refractivity contribution in [3.05, 3.63) is 40.9 Å². The van der Waals surface area contributed by atoms with E-state index in [-0.39, 0.29) is 17.0 Å². The van der Waals surface area contributed by atoms with E-state index in [9.17, 15) is 5.21 Å². The molecule has 9 nitrogen and oxygen atoms in total. The number of pyridine rings is 1. The number of nitrogens with zero attached hydrogens (tertiary/aromatic N) is 6. The first-order valence-corrected chi connectivity index (χ1v) is 12.0. The molecular formula is C23H36N8O. The first-order valence-electron chi connectivity index (χ1n) is 12.0. The van der Waals surface area contributed by atoms with Crippen molar-refractivity contribution in [2.75, 3.05) is 64.3 Å². The molecule has 1 aromatic rings. The van der Waals surface area contributed by atoms with Crippen molar-refractivity contribution in [2.45, 2.75) is 38.6 Å². The number of hydrogen-bond donors (Lipinski definition) is 2. The summed E-state index contributed by atoms with van der Waals surface area (Å²) in [7, 11) is 2.16. The molecule has 5 rings (SSSR count). The zero-order valence-electron chi connectivity index (χ0n) is 19.3. The van der Waals surface area contributed by atoms with Gasteiger partial charge in [-0.3, -0.25) is 5.32 Å². The molecule has 3 fully saturated rings. The molecule has 2 unspecified atom stereocenters. The second-order valence-electron chi connectivity index (χ2n) is 9.61. The Morgan fingerprint density at radius 3 is 2.81 bits per heavy atom. The van der Waals surface area contributed by atoms with E-state index in [1.165, 1.54) is 0 Å². The number of aliphatic imine (C=N–C) groups is 1. The standard InChI is InChI=1S/C23H36N8O/c1-3-24-23-26-14-19-16-31(32,17-20-5-4-8-30(20)22(19)27-23)15-18-6-7-21(25-13-18)29-11-9-28(2)10-12-29/h6-7,13-14,20,23-24,26H,3-5,8-12,15-17H2,1-2H3/t20?,23-,31?/m0/s1. The summed E-state index contributed by atoms with van der Waals surface area (Å²) in [6, 6.07) is 4.44. The maximum absolute atomic E-state index is 14.1. The molecule has 4 aliphatic rings. The van der Waals surface area contributed by atoms with E-state index < -0.39 is 0 Å². The van der Waals surface area contributed by atoms with Crippen molar-refractivity contribution in [3.63, 3.8) is 0 Å². The summed E-state index contributed by atoms with van der Waals surface area (Å²) in [5.74, 6) is 2.02. The van der Waals surface area contributed by atoms with Crippen LogP contribution in [0.25, 0.3) is 0 Å². The molecule has 32 heavy (non-hydrogen) atoms. The smallest absolute Gasteiger partial charge is 0.175 e. The van der Waals surface area contributed by atoms with Crippen LogP contribution in [0.3, 0.4) is 0 Å². The number of quaternary nitrogens is 1. The number of anilines is 1. The van der Waals surface area contributed by atoms with Crippen molar-refractivity contribution in [1.29, 1.82) is 0 Å². The lowest BCUT2D eigenvalue weighted by atomic mass is 10.1. The number of aromatic nitrogens is 1. The third-order valence-corrected chi connectivity index (χ3v) is 7.11. The Hall–Kier alpha value is -2.20. The zero-order valence-corrected chi connectivity index (χ0v) is 19.3. The molecule has 0 spiro atoms. The lowest BCUT2D eigenvalue weighted by Crippen LogP contribution is -2.47. The van der Waals surface area contributed by atoms with Crippen molar-refractivity contribution in [1.82, 2.24) is 25.4 Å². The van der Waals surface area contributed by atoms with Gasteiger partial charge in [0, 0.05) is 50.7 Å². The van der Waals surface area contributed by atoms with E-state index in [1.807, 2.05) is 12.4 Å². The molecule has 0 amide bonds. The highest BCUT2D eigenvalue weighted by Crippen LogP contribution is 2.31. The van der Waals surface area contributed by atoms with Gasteiger partial charge in [-0.2, -0.15) is 0 Å². The number of rotatable bonds is 5. The number of piperazine rings is 1. The highest BCUT2D eigenvalue weighted by atomic mass is 16.5. The molecule has 5 heterocycles. The summed E-state index contributed by atoms with van der Waals surface area (Å²) >= 11 is 0. The Kier molecular flexibility index (Phi) is 6.07. The molecule has 9 heteroatoms. The number of hydrogen-bond acceptors (Lipinski definition) is 8. The first-order chi connectivity index (χ1) is 15.5. The van der Waals surface area contributed by atoms with Crippen molar-refractivity contribution >= 4 is 11.7 Å². The van der Waals surface area contributed by atoms with E-state index >= 15 is 0 Å². The third-order valence-electron chi connectivity index (χ3n) is 7.11. The minimum Gasteiger partial charge on any atom is -0.632 e. The van der Waals surface area contributed by atoms with Crippen LogP contribution >= 0.6 is 0 Å². The van der Waals surface area contributed by atoms with Crippen molar-refractivity contribution < 1.29 is 4.65 Å². The van der Waals surface area contributed by atoms with Crippen molar-refractivity contribution in [3.8, 4) is 0 Å². The lowest BCUT2D eigenvalue weighted by Gasteiger charge is -2.43. The average molecular weight is 441 g/mol. The van der Waals surface area contributed by atoms with Gasteiger partial charge in [-0.25, -0.2) is 9.98 Å². The van der Waals surface area contributed by atoms with Crippen molar-refractivity contribution in [2.24, 2.45) is 4.99 Å². The monoisotopic (exact) mass is 440 g/mol. The van der Waals surface area contributed by atoms with Crippen LogP contribution in [-0.2, 0) is 6.54 Å². The van der Waals surface area contributed by atoms with Gasteiger partial charge < -0.3 is 29.9 Å². The van der Waals surface area contributed by atoms with Gasteiger partial charge >= 0.3 is 0 Å². The predicted molar refractivity (Wildman–Crippen MR) is 127 cm³/mol. The molecule has 2 N–H and O–H groups in total. The first kappa shape index (κ1) is 21.6. The molecule has 0 aromatic carbocycles. The number of amidine groups is 1. The molecule has 0 aliphatic carbocycles. The van der Waals surface area contributed by atoms with E-state index in [4.69, 9.17) is 9.98 Å². The van der Waals surface area contributed by atoms with Crippen LogP contribution in [0.15, 0.2) is 35.1 Å². The van der Waals surface area contributed by atoms with E-state index in [1.54, 1.807) is 0 Å². The molecular weight excluding hydrogens is 404 g/mol. The fraction of sp³-hybridized carbons (Fsp3) is 0.652. The van der Waals surface area contributed by atoms with Crippen LogP contribution in [0.2, 0.25) is 0 Å². The van der Waals surface area contributed by atoms with Gasteiger partial charge in [0.25, 0.3) is 0 Å². The van der Waals surface area contributed by atoms with Crippen LogP contribution in [0.5, 0.6) is 0 Å². The number of fused-ring (bicyclic) bond motifs is 3. The Morgan fingerprint density at radius 1 is 1.22 bits per heavy atom. The average Bonchev–Trinajstić information content (AvgIpc) is 3.19. The van der Waals surface area contributed by atoms with Crippen LogP contribution in [-0.4, -0.2) is 97.0 Å². The summed E-state index contributed by atoms with van der Waals surface area (Å²) in [6.45, 7) is 9.52. The molecule has 0 radical (unpaired) electrons. The van der Waals surface area contributed by atoms with Gasteiger partial charge in [-0.05, 0) is 38.6 Å². The summed E-state index contributed by atoms with van der Waals surface area (Å²) in [5.41, 5.74) is 2.04. The maximum atomic E-state index is 14.1. The zero-order chi connectivity index (χ0) is 22.1. The van der Waals surface area contributed by atoms with Crippen LogP contribution < -0.4 is 15.5 Å². The molecule has 3 saturated heterocycles. The molecule has 0 bridgehead atoms. The number of nitrogens with one attached hydrogen (secondary N) is 2. The Balaban J connectivity index is 1.32. The molecule has 3 atom stereocenters. The largest absolute Gasteiger partial charge is 0.632 e. The van der Waals surface area contributed by atoms with Gasteiger partial charge in [0.05, 0.1) is 18.2 Å². The Morgan fingerprint density at radius 2 is 2.06 bits per heavy atom. The van der Waals surface area contributed by atoms with Gasteiger partial charge in [-0.15, -0.1) is 0 Å². The Labute approximate surface area is 190 Å². The molecule has 1 aromatic heterocycles. The fourth-order valence-corrected chi connectivity index (χ4v) is 5.41. The molecule has 0 saturated carbocycles. The Bertz CT molecular complexity index is 863. The molecule has 4 aliphatic heterocycles. The van der Waals surface area contributed by atoms with Gasteiger partial charge in [0.2, 0.25) is 0 Å². The van der Waals surface area contributed by atoms with Gasteiger partial charge in [0.15, 0.2) is 6.29 Å². The third kappa shape index (κ3) is 4.47. The quantitative estimate of drug-likeness (QED) is 0.520. The number of hydroxylamine groups is 3. The van der Waals surface area contributed by atoms with E-state index in [0.29, 0.717) is 19.6 Å². The maximum Gasteiger partial charge on any atom is 0.175 e. The van der Waals surface area contributed by atoms with Crippen LogP contribution in [0.1, 0.15) is 25.3 Å². The summed E-state index contributed by atoms with van der Waals surface area (Å²) < 4.78 is -0.255. The highest BCUT2D eigenvalue weighted by molar-refractivity contribution is 5.99. The summed E-state index contributed by atoms with van der Waals surface area (Å²) in [6.07, 6.45) is 5.99. The SMILES string of the molecule is CCN[C@@H]1N=C2C(=CN1)C[N+]([O-])(Cc1ccc(N3CCN(C)CC3)nc1)CC1CCCN21. The topological polar surface area (TPSA) is 82.1 Å². The van der Waals surface area contributed by atoms with E-state index in [0.717, 1.165) is 74.9 Å². The lowest BCUT2D eigenvalue weighted by molar-refractivity contribution is -0.889. The van der Waals surface area contributed by atoms with Crippen LogP contribution in [0.4, 0.5) is 5.82 Å². The fourth-order valence-electron chi connectivity index (χ4n) is 5.41. The second kappa shape index (κ2) is 8.97. The minimum atomic E-state index is -0.255. The van der Waals surface area contributed by atoms with E-state index in [2.05, 4.69) is 51.4 Å². The molecule has 174 valence electrons. The van der Waals surface area contributed by atoms with Crippen LogP contribution in [0, 0.1) is 5.21 Å². The summed E-state index contributed by atoms with van der Waals surface area (Å²) in [4.78, 5) is 16.7. The minimum absolute atomic E-state index is 0.113. The normalized spacial score (nSPS) is 30.7.